The van der Waals surface area contributed by atoms with Gasteiger partial charge in [-0.3, -0.25) is 0 Å². The van der Waals surface area contributed by atoms with Gasteiger partial charge in [-0.05, 0) is 30.6 Å². The second kappa shape index (κ2) is 8.98. The van der Waals surface area contributed by atoms with Crippen LogP contribution in [-0.4, -0.2) is 17.3 Å². The van der Waals surface area contributed by atoms with Crippen LogP contribution in [0.4, 0.5) is 0 Å². The van der Waals surface area contributed by atoms with Gasteiger partial charge in [-0.25, -0.2) is 4.98 Å². The third-order valence-corrected chi connectivity index (χ3v) is 5.34. The van der Waals surface area contributed by atoms with Gasteiger partial charge in [0.2, 0.25) is 0 Å². The highest BCUT2D eigenvalue weighted by Gasteiger charge is 2.13. The zero-order chi connectivity index (χ0) is 14.3. The molecule has 0 saturated carbocycles. The molecule has 19 heavy (non-hydrogen) atoms. The van der Waals surface area contributed by atoms with Crippen molar-refractivity contribution < 1.29 is 0 Å². The van der Waals surface area contributed by atoms with E-state index in [2.05, 4.69) is 39.9 Å². The Morgan fingerprint density at radius 1 is 1.26 bits per heavy atom. The van der Waals surface area contributed by atoms with E-state index in [0.29, 0.717) is 5.92 Å². The largest absolute Gasteiger partial charge is 0.312 e. The summed E-state index contributed by atoms with van der Waals surface area (Å²) in [5.74, 6) is 3.58. The fourth-order valence-electron chi connectivity index (χ4n) is 1.81. The first-order valence-electron chi connectivity index (χ1n) is 7.31. The molecule has 2 nitrogen and oxygen atoms in total. The number of hydrogen-bond donors (Lipinski definition) is 1. The second-order valence-electron chi connectivity index (χ2n) is 5.66. The minimum Gasteiger partial charge on any atom is -0.312 e. The molecule has 0 fully saturated rings. The van der Waals surface area contributed by atoms with Crippen LogP contribution in [0.15, 0.2) is 0 Å². The van der Waals surface area contributed by atoms with Crippen LogP contribution in [0.3, 0.4) is 0 Å². The van der Waals surface area contributed by atoms with Gasteiger partial charge in [-0.2, -0.15) is 11.8 Å². The van der Waals surface area contributed by atoms with Gasteiger partial charge in [-0.15, -0.1) is 11.3 Å². The molecule has 1 aromatic rings. The SMILES string of the molecule is CCCNCc1sc(CSCC(C)C)nc1C(C)C. The van der Waals surface area contributed by atoms with Crippen molar-refractivity contribution in [3.8, 4) is 0 Å². The number of nitrogens with one attached hydrogen (secondary N) is 1. The van der Waals surface area contributed by atoms with E-state index in [1.807, 2.05) is 23.1 Å². The molecular formula is C15H28N2S2. The standard InChI is InChI=1S/C15H28N2S2/c1-6-7-16-8-13-15(12(4)5)17-14(19-13)10-18-9-11(2)3/h11-12,16H,6-10H2,1-5H3. The molecule has 0 saturated heterocycles. The van der Waals surface area contributed by atoms with Crippen LogP contribution >= 0.6 is 23.1 Å². The Bertz CT molecular complexity index is 359. The fraction of sp³-hybridized carbons (Fsp3) is 0.800. The van der Waals surface area contributed by atoms with Gasteiger partial charge in [0, 0.05) is 17.2 Å². The molecule has 1 rings (SSSR count). The van der Waals surface area contributed by atoms with Crippen molar-refractivity contribution in [2.24, 2.45) is 5.92 Å². The van der Waals surface area contributed by atoms with Crippen LogP contribution < -0.4 is 5.32 Å². The van der Waals surface area contributed by atoms with Crippen molar-refractivity contribution in [2.75, 3.05) is 12.3 Å². The minimum atomic E-state index is 0.526. The molecule has 0 aliphatic rings. The molecule has 0 atom stereocenters. The summed E-state index contributed by atoms with van der Waals surface area (Å²) in [6, 6.07) is 0. The number of thiazole rings is 1. The predicted molar refractivity (Wildman–Crippen MR) is 89.2 cm³/mol. The predicted octanol–water partition coefficient (Wildman–Crippen LogP) is 4.66. The summed E-state index contributed by atoms with van der Waals surface area (Å²) in [4.78, 5) is 6.28. The molecule has 0 amide bonds. The summed E-state index contributed by atoms with van der Waals surface area (Å²) in [7, 11) is 0. The van der Waals surface area contributed by atoms with Gasteiger partial charge >= 0.3 is 0 Å². The van der Waals surface area contributed by atoms with Crippen LogP contribution in [0, 0.1) is 5.92 Å². The molecule has 0 aliphatic heterocycles. The smallest absolute Gasteiger partial charge is 0.103 e. The molecule has 0 aliphatic carbocycles. The lowest BCUT2D eigenvalue weighted by molar-refractivity contribution is 0.670. The first-order chi connectivity index (χ1) is 9.04. The Labute approximate surface area is 126 Å². The zero-order valence-corrected chi connectivity index (χ0v) is 14.6. The number of hydrogen-bond acceptors (Lipinski definition) is 4. The Kier molecular flexibility index (Phi) is 8.03. The summed E-state index contributed by atoms with van der Waals surface area (Å²) in [6.07, 6.45) is 1.19. The summed E-state index contributed by atoms with van der Waals surface area (Å²) >= 11 is 3.90. The number of rotatable bonds is 9. The van der Waals surface area contributed by atoms with Crippen molar-refractivity contribution in [2.45, 2.75) is 59.3 Å². The molecule has 0 aromatic carbocycles. The first-order valence-corrected chi connectivity index (χ1v) is 9.28. The van der Waals surface area contributed by atoms with E-state index >= 15 is 0 Å². The van der Waals surface area contributed by atoms with Crippen molar-refractivity contribution in [3.63, 3.8) is 0 Å². The number of thioether (sulfide) groups is 1. The van der Waals surface area contributed by atoms with Crippen LogP contribution in [-0.2, 0) is 12.3 Å². The number of aromatic nitrogens is 1. The van der Waals surface area contributed by atoms with Gasteiger partial charge in [0.1, 0.15) is 5.01 Å². The molecule has 0 bridgehead atoms. The molecule has 1 aromatic heterocycles. The molecule has 1 heterocycles. The van der Waals surface area contributed by atoms with E-state index in [4.69, 9.17) is 4.98 Å². The third kappa shape index (κ3) is 6.28. The fourth-order valence-corrected chi connectivity index (χ4v) is 4.12. The van der Waals surface area contributed by atoms with Gasteiger partial charge in [0.25, 0.3) is 0 Å². The Balaban J connectivity index is 2.60. The van der Waals surface area contributed by atoms with E-state index in [9.17, 15) is 0 Å². The maximum atomic E-state index is 4.84. The van der Waals surface area contributed by atoms with Gasteiger partial charge in [0.05, 0.1) is 5.69 Å². The molecule has 110 valence electrons. The highest BCUT2D eigenvalue weighted by molar-refractivity contribution is 7.98. The first kappa shape index (κ1) is 17.0. The number of nitrogens with zero attached hydrogens (tertiary/aromatic N) is 1. The van der Waals surface area contributed by atoms with Crippen molar-refractivity contribution in [1.29, 1.82) is 0 Å². The molecule has 1 N–H and O–H groups in total. The van der Waals surface area contributed by atoms with Crippen LogP contribution in [0.1, 0.15) is 62.5 Å². The average Bonchev–Trinajstić information content (AvgIpc) is 2.72. The quantitative estimate of drug-likeness (QED) is 0.672. The monoisotopic (exact) mass is 300 g/mol. The van der Waals surface area contributed by atoms with Gasteiger partial charge in [-0.1, -0.05) is 34.6 Å². The van der Waals surface area contributed by atoms with Crippen molar-refractivity contribution in [3.05, 3.63) is 15.6 Å². The summed E-state index contributed by atoms with van der Waals surface area (Å²) in [6.45, 7) is 13.3. The lowest BCUT2D eigenvalue weighted by atomic mass is 10.1. The van der Waals surface area contributed by atoms with E-state index < -0.39 is 0 Å². The third-order valence-electron chi connectivity index (χ3n) is 2.71. The zero-order valence-electron chi connectivity index (χ0n) is 13.0. The van der Waals surface area contributed by atoms with E-state index in [-0.39, 0.29) is 0 Å². The van der Waals surface area contributed by atoms with Crippen molar-refractivity contribution in [1.82, 2.24) is 10.3 Å². The maximum Gasteiger partial charge on any atom is 0.103 e. The van der Waals surface area contributed by atoms with Crippen LogP contribution in [0.5, 0.6) is 0 Å². The minimum absolute atomic E-state index is 0.526. The lowest BCUT2D eigenvalue weighted by Gasteiger charge is -2.05. The molecule has 4 heteroatoms. The van der Waals surface area contributed by atoms with Crippen molar-refractivity contribution >= 4 is 23.1 Å². The Morgan fingerprint density at radius 2 is 2.00 bits per heavy atom. The van der Waals surface area contributed by atoms with E-state index in [1.54, 1.807) is 0 Å². The average molecular weight is 301 g/mol. The van der Waals surface area contributed by atoms with E-state index in [1.165, 1.54) is 27.8 Å². The van der Waals surface area contributed by atoms with Crippen LogP contribution in [0.25, 0.3) is 0 Å². The highest BCUT2D eigenvalue weighted by Crippen LogP contribution is 2.28. The summed E-state index contributed by atoms with van der Waals surface area (Å²) in [5.41, 5.74) is 1.30. The van der Waals surface area contributed by atoms with Crippen LogP contribution in [0.2, 0.25) is 0 Å². The highest BCUT2D eigenvalue weighted by atomic mass is 32.2. The Hall–Kier alpha value is -0.0600. The maximum absolute atomic E-state index is 4.84. The topological polar surface area (TPSA) is 24.9 Å². The van der Waals surface area contributed by atoms with E-state index in [0.717, 1.165) is 24.8 Å². The molecular weight excluding hydrogens is 272 g/mol. The molecule has 0 spiro atoms. The van der Waals surface area contributed by atoms with Gasteiger partial charge in [0.15, 0.2) is 0 Å². The Morgan fingerprint density at radius 3 is 2.58 bits per heavy atom. The molecule has 0 unspecified atom stereocenters. The summed E-state index contributed by atoms with van der Waals surface area (Å²) in [5, 5.41) is 4.79. The van der Waals surface area contributed by atoms with Gasteiger partial charge < -0.3 is 5.32 Å². The molecule has 0 radical (unpaired) electrons. The lowest BCUT2D eigenvalue weighted by Crippen LogP contribution is -2.14. The normalized spacial score (nSPS) is 11.7. The second-order valence-corrected chi connectivity index (χ2v) is 7.85. The summed E-state index contributed by atoms with van der Waals surface area (Å²) < 4.78 is 0.